The van der Waals surface area contributed by atoms with Crippen molar-refractivity contribution >= 4 is 10.8 Å². The lowest BCUT2D eigenvalue weighted by Crippen LogP contribution is -2.31. The van der Waals surface area contributed by atoms with Gasteiger partial charge in [-0.15, -0.1) is 0 Å². The highest BCUT2D eigenvalue weighted by atomic mass is 19.4. The maximum absolute atomic E-state index is 12.7. The van der Waals surface area contributed by atoms with Crippen LogP contribution in [0.4, 0.5) is 13.2 Å². The Bertz CT molecular complexity index is 655. The third kappa shape index (κ3) is 3.21. The average Bonchev–Trinajstić information content (AvgIpc) is 2.48. The molecule has 0 radical (unpaired) electrons. The van der Waals surface area contributed by atoms with Crippen LogP contribution in [0.5, 0.6) is 5.75 Å². The average molecular weight is 308 g/mol. The van der Waals surface area contributed by atoms with Gasteiger partial charge in [0, 0.05) is 0 Å². The number of benzene rings is 2. The van der Waals surface area contributed by atoms with E-state index in [4.69, 9.17) is 4.74 Å². The second-order valence-corrected chi connectivity index (χ2v) is 6.09. The van der Waals surface area contributed by atoms with Gasteiger partial charge in [0.1, 0.15) is 5.75 Å². The predicted molar refractivity (Wildman–Crippen MR) is 81.1 cm³/mol. The van der Waals surface area contributed by atoms with Crippen LogP contribution in [0.1, 0.15) is 31.2 Å². The van der Waals surface area contributed by atoms with Crippen molar-refractivity contribution in [1.82, 2.24) is 0 Å². The van der Waals surface area contributed by atoms with Crippen LogP contribution in [0.25, 0.3) is 10.8 Å². The zero-order valence-corrected chi connectivity index (χ0v) is 12.5. The Balaban J connectivity index is 1.68. The number of fused-ring (bicyclic) bond motifs is 1. The molecule has 0 bridgehead atoms. The van der Waals surface area contributed by atoms with Crippen molar-refractivity contribution in [2.75, 3.05) is 0 Å². The van der Waals surface area contributed by atoms with E-state index in [0.717, 1.165) is 16.5 Å². The molecule has 4 heteroatoms. The highest BCUT2D eigenvalue weighted by molar-refractivity contribution is 5.86. The molecule has 1 nitrogen and oxygen atoms in total. The summed E-state index contributed by atoms with van der Waals surface area (Å²) < 4.78 is 43.9. The largest absolute Gasteiger partial charge is 0.490 e. The van der Waals surface area contributed by atoms with Crippen LogP contribution in [0, 0.1) is 12.8 Å². The number of aryl methyl sites for hydroxylation is 1. The number of rotatable bonds is 2. The summed E-state index contributed by atoms with van der Waals surface area (Å²) in [5.41, 5.74) is 1.17. The molecule has 2 aromatic carbocycles. The zero-order chi connectivity index (χ0) is 15.7. The fourth-order valence-electron chi connectivity index (χ4n) is 3.18. The van der Waals surface area contributed by atoms with Gasteiger partial charge in [-0.2, -0.15) is 13.2 Å². The normalized spacial score (nSPS) is 22.7. The van der Waals surface area contributed by atoms with Crippen molar-refractivity contribution in [3.63, 3.8) is 0 Å². The summed E-state index contributed by atoms with van der Waals surface area (Å²) in [5, 5.41) is 2.28. The van der Waals surface area contributed by atoms with E-state index in [1.165, 1.54) is 5.56 Å². The first-order valence-electron chi connectivity index (χ1n) is 7.66. The Hall–Kier alpha value is -1.71. The molecule has 0 saturated heterocycles. The van der Waals surface area contributed by atoms with Gasteiger partial charge in [0.2, 0.25) is 0 Å². The maximum Gasteiger partial charge on any atom is 0.391 e. The molecule has 0 atom stereocenters. The molecule has 1 aliphatic rings. The van der Waals surface area contributed by atoms with Gasteiger partial charge < -0.3 is 4.74 Å². The van der Waals surface area contributed by atoms with Crippen molar-refractivity contribution in [3.05, 3.63) is 42.0 Å². The van der Waals surface area contributed by atoms with E-state index in [-0.39, 0.29) is 18.9 Å². The third-order valence-electron chi connectivity index (χ3n) is 4.51. The molecule has 1 aliphatic carbocycles. The molecule has 0 aromatic heterocycles. The monoisotopic (exact) mass is 308 g/mol. The van der Waals surface area contributed by atoms with Crippen LogP contribution in [0.15, 0.2) is 36.4 Å². The molecule has 0 aliphatic heterocycles. The standard InChI is InChI=1S/C18H19F3O/c1-12-3-2-4-13-5-8-16(11-17(12)13)22-15-9-6-14(7-10-15)18(19,20)21/h2-5,8,11,14-15H,6-7,9-10H2,1H3. The van der Waals surface area contributed by atoms with Crippen LogP contribution in [0.2, 0.25) is 0 Å². The first kappa shape index (κ1) is 15.2. The number of alkyl halides is 3. The smallest absolute Gasteiger partial charge is 0.391 e. The molecular formula is C18H19F3O. The van der Waals surface area contributed by atoms with E-state index in [0.29, 0.717) is 12.8 Å². The Labute approximate surface area is 128 Å². The Morgan fingerprint density at radius 3 is 2.41 bits per heavy atom. The van der Waals surface area contributed by atoms with Crippen LogP contribution in [-0.2, 0) is 0 Å². The lowest BCUT2D eigenvalue weighted by Gasteiger charge is -2.30. The van der Waals surface area contributed by atoms with Gasteiger partial charge in [-0.3, -0.25) is 0 Å². The molecule has 1 fully saturated rings. The Morgan fingerprint density at radius 1 is 1.00 bits per heavy atom. The van der Waals surface area contributed by atoms with Gasteiger partial charge in [-0.1, -0.05) is 24.3 Å². The van der Waals surface area contributed by atoms with E-state index < -0.39 is 12.1 Å². The van der Waals surface area contributed by atoms with Crippen LogP contribution < -0.4 is 4.74 Å². The lowest BCUT2D eigenvalue weighted by atomic mass is 9.87. The topological polar surface area (TPSA) is 9.23 Å². The van der Waals surface area contributed by atoms with Gasteiger partial charge >= 0.3 is 6.18 Å². The first-order chi connectivity index (χ1) is 10.4. The number of hydrogen-bond acceptors (Lipinski definition) is 1. The minimum atomic E-state index is -4.06. The third-order valence-corrected chi connectivity index (χ3v) is 4.51. The Kier molecular flexibility index (Phi) is 4.02. The quantitative estimate of drug-likeness (QED) is 0.696. The summed E-state index contributed by atoms with van der Waals surface area (Å²) in [6, 6.07) is 12.0. The first-order valence-corrected chi connectivity index (χ1v) is 7.66. The molecule has 2 aromatic rings. The van der Waals surface area contributed by atoms with Crippen molar-refractivity contribution < 1.29 is 17.9 Å². The van der Waals surface area contributed by atoms with E-state index in [1.54, 1.807) is 0 Å². The van der Waals surface area contributed by atoms with Crippen molar-refractivity contribution in [3.8, 4) is 5.75 Å². The summed E-state index contributed by atoms with van der Waals surface area (Å²) in [4.78, 5) is 0. The highest BCUT2D eigenvalue weighted by Crippen LogP contribution is 2.38. The Morgan fingerprint density at radius 2 is 1.73 bits per heavy atom. The van der Waals surface area contributed by atoms with E-state index >= 15 is 0 Å². The van der Waals surface area contributed by atoms with E-state index in [2.05, 4.69) is 0 Å². The molecule has 3 rings (SSSR count). The van der Waals surface area contributed by atoms with Gasteiger partial charge in [0.15, 0.2) is 0 Å². The van der Waals surface area contributed by atoms with Gasteiger partial charge in [-0.05, 0) is 61.1 Å². The number of hydrogen-bond donors (Lipinski definition) is 0. The molecule has 0 unspecified atom stereocenters. The summed E-state index contributed by atoms with van der Waals surface area (Å²) in [7, 11) is 0. The maximum atomic E-state index is 12.7. The van der Waals surface area contributed by atoms with Crippen molar-refractivity contribution in [1.29, 1.82) is 0 Å². The molecular weight excluding hydrogens is 289 g/mol. The molecule has 1 saturated carbocycles. The van der Waals surface area contributed by atoms with Gasteiger partial charge in [0.05, 0.1) is 12.0 Å². The molecule has 0 spiro atoms. The van der Waals surface area contributed by atoms with Crippen LogP contribution in [0.3, 0.4) is 0 Å². The number of halogens is 3. The summed E-state index contributed by atoms with van der Waals surface area (Å²) in [6.45, 7) is 2.04. The summed E-state index contributed by atoms with van der Waals surface area (Å²) in [6.07, 6.45) is -2.90. The second kappa shape index (κ2) is 5.82. The van der Waals surface area contributed by atoms with E-state index in [9.17, 15) is 13.2 Å². The predicted octanol–water partition coefficient (Wildman–Crippen LogP) is 5.65. The minimum absolute atomic E-state index is 0.111. The minimum Gasteiger partial charge on any atom is -0.490 e. The van der Waals surface area contributed by atoms with Gasteiger partial charge in [0.25, 0.3) is 0 Å². The molecule has 22 heavy (non-hydrogen) atoms. The fourth-order valence-corrected chi connectivity index (χ4v) is 3.18. The van der Waals surface area contributed by atoms with E-state index in [1.807, 2.05) is 43.3 Å². The molecule has 0 heterocycles. The van der Waals surface area contributed by atoms with Crippen LogP contribution in [-0.4, -0.2) is 12.3 Å². The van der Waals surface area contributed by atoms with Crippen molar-refractivity contribution in [2.24, 2.45) is 5.92 Å². The van der Waals surface area contributed by atoms with Crippen molar-refractivity contribution in [2.45, 2.75) is 44.9 Å². The van der Waals surface area contributed by atoms with Gasteiger partial charge in [-0.25, -0.2) is 0 Å². The molecule has 118 valence electrons. The molecule has 0 amide bonds. The summed E-state index contributed by atoms with van der Waals surface area (Å²) >= 11 is 0. The SMILES string of the molecule is Cc1cccc2ccc(OC3CCC(C(F)(F)F)CC3)cc12. The molecule has 0 N–H and O–H groups in total. The second-order valence-electron chi connectivity index (χ2n) is 6.09. The lowest BCUT2D eigenvalue weighted by molar-refractivity contribution is -0.185. The number of ether oxygens (including phenoxy) is 1. The fraction of sp³-hybridized carbons (Fsp3) is 0.444. The summed E-state index contributed by atoms with van der Waals surface area (Å²) in [5.74, 6) is -0.413. The highest BCUT2D eigenvalue weighted by Gasteiger charge is 2.41. The van der Waals surface area contributed by atoms with Crippen LogP contribution >= 0.6 is 0 Å². The zero-order valence-electron chi connectivity index (χ0n) is 12.5.